The SMILES string of the molecule is Cc1ncc(CN2CCCC3(CCC(=O)N3CCS(C)(=O)=O)CC2)s1. The molecule has 2 fully saturated rings. The first kappa shape index (κ1) is 18.8. The second kappa shape index (κ2) is 7.32. The highest BCUT2D eigenvalue weighted by molar-refractivity contribution is 7.90. The molecular formula is C17H27N3O3S2. The summed E-state index contributed by atoms with van der Waals surface area (Å²) in [5.41, 5.74) is -0.139. The van der Waals surface area contributed by atoms with E-state index >= 15 is 0 Å². The van der Waals surface area contributed by atoms with Crippen LogP contribution in [0.4, 0.5) is 0 Å². The summed E-state index contributed by atoms with van der Waals surface area (Å²) in [4.78, 5) is 22.3. The summed E-state index contributed by atoms with van der Waals surface area (Å²) in [6.07, 6.45) is 7.56. The smallest absolute Gasteiger partial charge is 0.223 e. The average molecular weight is 386 g/mol. The molecule has 6 nitrogen and oxygen atoms in total. The van der Waals surface area contributed by atoms with E-state index in [1.807, 2.05) is 18.0 Å². The lowest BCUT2D eigenvalue weighted by Crippen LogP contribution is -2.48. The number of nitrogens with zero attached hydrogens (tertiary/aromatic N) is 3. The van der Waals surface area contributed by atoms with Gasteiger partial charge in [-0.25, -0.2) is 13.4 Å². The Kier molecular flexibility index (Phi) is 5.51. The van der Waals surface area contributed by atoms with Gasteiger partial charge < -0.3 is 4.90 Å². The van der Waals surface area contributed by atoms with E-state index in [1.165, 1.54) is 11.1 Å². The summed E-state index contributed by atoms with van der Waals surface area (Å²) < 4.78 is 23.1. The van der Waals surface area contributed by atoms with Crippen LogP contribution in [0, 0.1) is 6.92 Å². The Morgan fingerprint density at radius 2 is 2.08 bits per heavy atom. The van der Waals surface area contributed by atoms with Crippen LogP contribution in [0.2, 0.25) is 0 Å². The van der Waals surface area contributed by atoms with Crippen LogP contribution in [0.25, 0.3) is 0 Å². The van der Waals surface area contributed by atoms with Crippen molar-refractivity contribution in [2.75, 3.05) is 31.6 Å². The van der Waals surface area contributed by atoms with E-state index in [0.29, 0.717) is 13.0 Å². The molecule has 2 saturated heterocycles. The zero-order chi connectivity index (χ0) is 18.1. The van der Waals surface area contributed by atoms with E-state index in [0.717, 1.165) is 50.3 Å². The van der Waals surface area contributed by atoms with Gasteiger partial charge in [0, 0.05) is 48.9 Å². The number of amides is 1. The van der Waals surface area contributed by atoms with Crippen molar-refractivity contribution >= 4 is 27.1 Å². The molecule has 1 aromatic heterocycles. The fourth-order valence-electron chi connectivity index (χ4n) is 4.10. The Labute approximate surface area is 154 Å². The standard InChI is InChI=1S/C17H27N3O3S2/c1-14-18-12-15(24-14)13-19-8-3-5-17(7-9-19)6-4-16(21)20(17)10-11-25(2,22)23/h12H,3-11,13H2,1-2H3. The molecule has 1 amide bonds. The van der Waals surface area contributed by atoms with Crippen LogP contribution in [0.15, 0.2) is 6.20 Å². The Balaban J connectivity index is 1.66. The molecule has 8 heteroatoms. The number of hydrogen-bond acceptors (Lipinski definition) is 6. The Bertz CT molecular complexity index is 731. The number of likely N-dealkylation sites (tertiary alicyclic amines) is 2. The second-order valence-corrected chi connectivity index (χ2v) is 11.0. The van der Waals surface area contributed by atoms with E-state index in [-0.39, 0.29) is 17.2 Å². The van der Waals surface area contributed by atoms with Gasteiger partial charge in [0.15, 0.2) is 0 Å². The van der Waals surface area contributed by atoms with Gasteiger partial charge in [0.2, 0.25) is 5.91 Å². The molecule has 0 radical (unpaired) electrons. The topological polar surface area (TPSA) is 70.6 Å². The summed E-state index contributed by atoms with van der Waals surface area (Å²) in [6, 6.07) is 0. The van der Waals surface area contributed by atoms with Crippen LogP contribution in [0.1, 0.15) is 42.0 Å². The van der Waals surface area contributed by atoms with Gasteiger partial charge in [0.1, 0.15) is 9.84 Å². The molecule has 0 aliphatic carbocycles. The molecule has 25 heavy (non-hydrogen) atoms. The highest BCUT2D eigenvalue weighted by Gasteiger charge is 2.45. The van der Waals surface area contributed by atoms with Crippen LogP contribution in [0.3, 0.4) is 0 Å². The molecule has 1 spiro atoms. The Hall–Kier alpha value is -0.990. The van der Waals surface area contributed by atoms with Gasteiger partial charge in [-0.1, -0.05) is 0 Å². The molecule has 1 atom stereocenters. The maximum absolute atomic E-state index is 12.4. The normalized spacial score (nSPS) is 25.7. The number of sulfone groups is 1. The second-order valence-electron chi connectivity index (χ2n) is 7.37. The first-order valence-electron chi connectivity index (χ1n) is 8.89. The highest BCUT2D eigenvalue weighted by atomic mass is 32.2. The molecule has 1 unspecified atom stereocenters. The molecule has 2 aliphatic heterocycles. The highest BCUT2D eigenvalue weighted by Crippen LogP contribution is 2.39. The van der Waals surface area contributed by atoms with Crippen molar-refractivity contribution in [1.82, 2.24) is 14.8 Å². The Morgan fingerprint density at radius 1 is 1.28 bits per heavy atom. The van der Waals surface area contributed by atoms with Gasteiger partial charge in [-0.15, -0.1) is 11.3 Å². The van der Waals surface area contributed by atoms with Crippen molar-refractivity contribution in [3.63, 3.8) is 0 Å². The minimum atomic E-state index is -3.06. The van der Waals surface area contributed by atoms with E-state index in [4.69, 9.17) is 0 Å². The zero-order valence-electron chi connectivity index (χ0n) is 15.0. The number of carbonyl (C=O) groups excluding carboxylic acids is 1. The fraction of sp³-hybridized carbons (Fsp3) is 0.765. The van der Waals surface area contributed by atoms with Crippen molar-refractivity contribution < 1.29 is 13.2 Å². The van der Waals surface area contributed by atoms with Gasteiger partial charge in [-0.2, -0.15) is 0 Å². The van der Waals surface area contributed by atoms with Crippen LogP contribution in [-0.2, 0) is 21.2 Å². The minimum absolute atomic E-state index is 0.0599. The van der Waals surface area contributed by atoms with Crippen LogP contribution in [-0.4, -0.2) is 66.3 Å². The number of thiazole rings is 1. The van der Waals surface area contributed by atoms with Gasteiger partial charge in [-0.3, -0.25) is 9.69 Å². The quantitative estimate of drug-likeness (QED) is 0.773. The number of hydrogen-bond donors (Lipinski definition) is 0. The lowest BCUT2D eigenvalue weighted by atomic mass is 9.88. The Morgan fingerprint density at radius 3 is 2.76 bits per heavy atom. The largest absolute Gasteiger partial charge is 0.336 e. The molecule has 1 aromatic rings. The van der Waals surface area contributed by atoms with E-state index in [2.05, 4.69) is 9.88 Å². The minimum Gasteiger partial charge on any atom is -0.336 e. The van der Waals surface area contributed by atoms with Crippen LogP contribution in [0.5, 0.6) is 0 Å². The summed E-state index contributed by atoms with van der Waals surface area (Å²) >= 11 is 1.74. The molecular weight excluding hydrogens is 358 g/mol. The zero-order valence-corrected chi connectivity index (χ0v) is 16.7. The lowest BCUT2D eigenvalue weighted by molar-refractivity contribution is -0.131. The van der Waals surface area contributed by atoms with Crippen molar-refractivity contribution in [3.8, 4) is 0 Å². The molecule has 0 aromatic carbocycles. The number of rotatable bonds is 5. The first-order chi connectivity index (χ1) is 11.8. The van der Waals surface area contributed by atoms with Crippen molar-refractivity contribution in [2.24, 2.45) is 0 Å². The summed E-state index contributed by atoms with van der Waals surface area (Å²) in [5, 5.41) is 1.09. The van der Waals surface area contributed by atoms with Gasteiger partial charge in [-0.05, 0) is 39.2 Å². The lowest BCUT2D eigenvalue weighted by Gasteiger charge is -2.38. The van der Waals surface area contributed by atoms with Gasteiger partial charge in [0.05, 0.1) is 10.8 Å². The van der Waals surface area contributed by atoms with E-state index in [1.54, 1.807) is 11.3 Å². The first-order valence-corrected chi connectivity index (χ1v) is 11.8. The summed E-state index contributed by atoms with van der Waals surface area (Å²) in [6.45, 7) is 5.24. The molecule has 2 aliphatic rings. The molecule has 140 valence electrons. The number of aromatic nitrogens is 1. The monoisotopic (exact) mass is 385 g/mol. The predicted octanol–water partition coefficient (Wildman–Crippen LogP) is 1.84. The van der Waals surface area contributed by atoms with Gasteiger partial charge >= 0.3 is 0 Å². The van der Waals surface area contributed by atoms with Gasteiger partial charge in [0.25, 0.3) is 0 Å². The van der Waals surface area contributed by atoms with Crippen LogP contribution < -0.4 is 0 Å². The number of aryl methyl sites for hydroxylation is 1. The van der Waals surface area contributed by atoms with Crippen molar-refractivity contribution in [1.29, 1.82) is 0 Å². The maximum Gasteiger partial charge on any atom is 0.223 e. The maximum atomic E-state index is 12.4. The van der Waals surface area contributed by atoms with Crippen molar-refractivity contribution in [3.05, 3.63) is 16.1 Å². The third-order valence-corrected chi connectivity index (χ3v) is 7.24. The van der Waals surface area contributed by atoms with Crippen molar-refractivity contribution in [2.45, 2.75) is 51.1 Å². The van der Waals surface area contributed by atoms with E-state index < -0.39 is 9.84 Å². The fourth-order valence-corrected chi connectivity index (χ4v) is 5.46. The molecule has 0 N–H and O–H groups in total. The summed E-state index contributed by atoms with van der Waals surface area (Å²) in [5.74, 6) is 0.180. The molecule has 3 rings (SSSR count). The van der Waals surface area contributed by atoms with Crippen LogP contribution >= 0.6 is 11.3 Å². The average Bonchev–Trinajstić information content (AvgIpc) is 2.98. The molecule has 0 bridgehead atoms. The third-order valence-electron chi connectivity index (χ3n) is 5.42. The summed E-state index contributed by atoms with van der Waals surface area (Å²) in [7, 11) is -3.06. The predicted molar refractivity (Wildman–Crippen MR) is 99.4 cm³/mol. The third kappa shape index (κ3) is 4.60. The molecule has 3 heterocycles. The number of carbonyl (C=O) groups is 1. The molecule has 0 saturated carbocycles. The van der Waals surface area contributed by atoms with E-state index in [9.17, 15) is 13.2 Å².